The van der Waals surface area contributed by atoms with E-state index >= 15 is 0 Å². The molecule has 1 N–H and O–H groups in total. The maximum atomic E-state index is 13.3. The maximum absolute atomic E-state index is 13.3. The smallest absolute Gasteiger partial charge is 0.249 e. The molecule has 0 spiro atoms. The highest BCUT2D eigenvalue weighted by Crippen LogP contribution is 2.34. The first-order chi connectivity index (χ1) is 14.8. The molecule has 2 atom stereocenters. The first-order valence-corrected chi connectivity index (χ1v) is 10.9. The molecule has 30 heavy (non-hydrogen) atoms. The standard InChI is InChI=1S/C24H21N3O2S/c28-24(20-16-30-23(26-20)19-9-5-12-25-14-19)27-13-11-18-8-4-10-21(22(18)27)29-15-17-6-2-1-3-7-17/h1-14,20,23,26H,15-16H2/t20-,23-/m0/s1. The number of fused-ring (bicyclic) bond motifs is 1. The third-order valence-corrected chi connectivity index (χ3v) is 6.48. The van der Waals surface area contributed by atoms with E-state index in [1.807, 2.05) is 79.1 Å². The fraction of sp³-hybridized carbons (Fsp3) is 0.167. The molecule has 5 rings (SSSR count). The Morgan fingerprint density at radius 1 is 1.10 bits per heavy atom. The minimum atomic E-state index is -0.266. The molecule has 1 fully saturated rings. The second kappa shape index (κ2) is 8.34. The second-order valence-corrected chi connectivity index (χ2v) is 8.35. The first kappa shape index (κ1) is 18.9. The topological polar surface area (TPSA) is 56.2 Å². The number of pyridine rings is 1. The van der Waals surface area contributed by atoms with Gasteiger partial charge in [0, 0.05) is 29.7 Å². The lowest BCUT2D eigenvalue weighted by atomic mass is 10.2. The van der Waals surface area contributed by atoms with Crippen molar-refractivity contribution in [3.05, 3.63) is 96.4 Å². The van der Waals surface area contributed by atoms with Crippen LogP contribution in [0.25, 0.3) is 10.9 Å². The Balaban J connectivity index is 1.38. The largest absolute Gasteiger partial charge is 0.487 e. The van der Waals surface area contributed by atoms with Gasteiger partial charge in [-0.3, -0.25) is 19.7 Å². The average molecular weight is 416 g/mol. The predicted molar refractivity (Wildman–Crippen MR) is 120 cm³/mol. The molecular formula is C24H21N3O2S. The van der Waals surface area contributed by atoms with Gasteiger partial charge < -0.3 is 4.74 Å². The van der Waals surface area contributed by atoms with Gasteiger partial charge in [-0.05, 0) is 29.3 Å². The van der Waals surface area contributed by atoms with Gasteiger partial charge >= 0.3 is 0 Å². The Kier molecular flexibility index (Phi) is 5.26. The monoisotopic (exact) mass is 415 g/mol. The maximum Gasteiger partial charge on any atom is 0.249 e. The highest BCUT2D eigenvalue weighted by atomic mass is 32.2. The number of aromatic nitrogens is 2. The summed E-state index contributed by atoms with van der Waals surface area (Å²) in [5, 5.41) is 4.51. The summed E-state index contributed by atoms with van der Waals surface area (Å²) in [6.45, 7) is 0.458. The van der Waals surface area contributed by atoms with Crippen LogP contribution < -0.4 is 10.1 Å². The van der Waals surface area contributed by atoms with Crippen LogP contribution in [0.4, 0.5) is 0 Å². The predicted octanol–water partition coefficient (Wildman–Crippen LogP) is 4.66. The molecule has 1 aliphatic rings. The molecule has 0 bridgehead atoms. The van der Waals surface area contributed by atoms with Crippen LogP contribution in [0.5, 0.6) is 5.75 Å². The van der Waals surface area contributed by atoms with E-state index in [2.05, 4.69) is 10.3 Å². The summed E-state index contributed by atoms with van der Waals surface area (Å²) >= 11 is 1.73. The minimum Gasteiger partial charge on any atom is -0.487 e. The summed E-state index contributed by atoms with van der Waals surface area (Å²) in [5.41, 5.74) is 2.99. The zero-order valence-corrected chi connectivity index (χ0v) is 17.1. The lowest BCUT2D eigenvalue weighted by Crippen LogP contribution is -2.37. The number of thioether (sulfide) groups is 1. The van der Waals surface area contributed by atoms with Gasteiger partial charge in [0.15, 0.2) is 0 Å². The molecular weight excluding hydrogens is 394 g/mol. The van der Waals surface area contributed by atoms with Gasteiger partial charge in [0.25, 0.3) is 0 Å². The van der Waals surface area contributed by atoms with Crippen molar-refractivity contribution in [2.45, 2.75) is 18.0 Å². The second-order valence-electron chi connectivity index (χ2n) is 7.21. The van der Waals surface area contributed by atoms with E-state index in [0.717, 1.165) is 22.0 Å². The summed E-state index contributed by atoms with van der Waals surface area (Å²) < 4.78 is 7.82. The van der Waals surface area contributed by atoms with Crippen LogP contribution in [0.15, 0.2) is 85.3 Å². The molecule has 0 amide bonds. The SMILES string of the molecule is O=C([C@@H]1CS[C@@H](c2cccnc2)N1)n1ccc2cccc(OCc3ccccc3)c21. The van der Waals surface area contributed by atoms with Gasteiger partial charge in [0.05, 0.1) is 16.9 Å². The fourth-order valence-corrected chi connectivity index (χ4v) is 4.92. The Morgan fingerprint density at radius 3 is 2.83 bits per heavy atom. The number of ether oxygens (including phenoxy) is 1. The van der Waals surface area contributed by atoms with E-state index in [4.69, 9.17) is 4.74 Å². The van der Waals surface area contributed by atoms with Gasteiger partial charge in [0.2, 0.25) is 5.91 Å². The lowest BCUT2D eigenvalue weighted by molar-refractivity contribution is 0.0878. The van der Waals surface area contributed by atoms with Crippen LogP contribution in [-0.4, -0.2) is 27.3 Å². The van der Waals surface area contributed by atoms with Crippen molar-refractivity contribution in [3.8, 4) is 5.75 Å². The molecule has 0 radical (unpaired) electrons. The van der Waals surface area contributed by atoms with Crippen molar-refractivity contribution in [1.82, 2.24) is 14.9 Å². The summed E-state index contributed by atoms with van der Waals surface area (Å²) in [5.74, 6) is 1.45. The van der Waals surface area contributed by atoms with Crippen molar-refractivity contribution in [2.24, 2.45) is 0 Å². The molecule has 2 aromatic carbocycles. The number of benzene rings is 2. The van der Waals surface area contributed by atoms with E-state index in [0.29, 0.717) is 18.1 Å². The number of nitrogens with zero attached hydrogens (tertiary/aromatic N) is 2. The van der Waals surface area contributed by atoms with Gasteiger partial charge in [-0.15, -0.1) is 11.8 Å². The van der Waals surface area contributed by atoms with E-state index in [9.17, 15) is 4.79 Å². The quantitative estimate of drug-likeness (QED) is 0.514. The minimum absolute atomic E-state index is 0.0275. The number of hydrogen-bond donors (Lipinski definition) is 1. The van der Waals surface area contributed by atoms with E-state index in [1.165, 1.54) is 0 Å². The zero-order valence-electron chi connectivity index (χ0n) is 16.3. The highest BCUT2D eigenvalue weighted by molar-refractivity contribution is 7.99. The Bertz CT molecular complexity index is 1160. The van der Waals surface area contributed by atoms with Crippen LogP contribution in [-0.2, 0) is 6.61 Å². The van der Waals surface area contributed by atoms with Gasteiger partial charge in [0.1, 0.15) is 12.4 Å². The average Bonchev–Trinajstić information content (AvgIpc) is 3.47. The molecule has 5 nitrogen and oxygen atoms in total. The number of para-hydroxylation sites is 1. The molecule has 2 aromatic heterocycles. The zero-order chi connectivity index (χ0) is 20.3. The van der Waals surface area contributed by atoms with Crippen LogP contribution >= 0.6 is 11.8 Å². The van der Waals surface area contributed by atoms with Crippen molar-refractivity contribution in [3.63, 3.8) is 0 Å². The summed E-state index contributed by atoms with van der Waals surface area (Å²) in [6.07, 6.45) is 5.44. The number of hydrogen-bond acceptors (Lipinski definition) is 5. The Hall–Kier alpha value is -3.09. The van der Waals surface area contributed by atoms with Crippen LogP contribution in [0.2, 0.25) is 0 Å². The van der Waals surface area contributed by atoms with Crippen molar-refractivity contribution < 1.29 is 9.53 Å². The van der Waals surface area contributed by atoms with Crippen LogP contribution in [0.3, 0.4) is 0 Å². The Morgan fingerprint density at radius 2 is 2.00 bits per heavy atom. The molecule has 0 aliphatic carbocycles. The molecule has 1 saturated heterocycles. The molecule has 150 valence electrons. The summed E-state index contributed by atoms with van der Waals surface area (Å²) in [7, 11) is 0. The van der Waals surface area contributed by atoms with E-state index < -0.39 is 0 Å². The Labute approximate surface area is 179 Å². The molecule has 0 saturated carbocycles. The third-order valence-electron chi connectivity index (χ3n) is 5.22. The highest BCUT2D eigenvalue weighted by Gasteiger charge is 2.32. The normalized spacial score (nSPS) is 18.5. The molecule has 6 heteroatoms. The van der Waals surface area contributed by atoms with E-state index in [-0.39, 0.29) is 17.3 Å². The molecule has 1 aliphatic heterocycles. The number of carbonyl (C=O) groups is 1. The number of carbonyl (C=O) groups excluding carboxylic acids is 1. The van der Waals surface area contributed by atoms with Crippen LogP contribution in [0, 0.1) is 0 Å². The lowest BCUT2D eigenvalue weighted by Gasteiger charge is -2.15. The van der Waals surface area contributed by atoms with Crippen molar-refractivity contribution in [1.29, 1.82) is 0 Å². The number of rotatable bonds is 5. The van der Waals surface area contributed by atoms with E-state index in [1.54, 1.807) is 22.5 Å². The van der Waals surface area contributed by atoms with Gasteiger partial charge in [-0.25, -0.2) is 0 Å². The third kappa shape index (κ3) is 3.72. The molecule has 0 unspecified atom stereocenters. The van der Waals surface area contributed by atoms with Gasteiger partial charge in [-0.2, -0.15) is 0 Å². The summed E-state index contributed by atoms with van der Waals surface area (Å²) in [6, 6.07) is 21.6. The van der Waals surface area contributed by atoms with Crippen LogP contribution in [0.1, 0.15) is 21.3 Å². The molecule has 4 aromatic rings. The summed E-state index contributed by atoms with van der Waals surface area (Å²) in [4.78, 5) is 17.5. The molecule has 3 heterocycles. The van der Waals surface area contributed by atoms with Crippen molar-refractivity contribution >= 4 is 28.6 Å². The first-order valence-electron chi connectivity index (χ1n) is 9.88. The van der Waals surface area contributed by atoms with Crippen molar-refractivity contribution in [2.75, 3.05) is 5.75 Å². The number of nitrogens with one attached hydrogen (secondary N) is 1. The van der Waals surface area contributed by atoms with Gasteiger partial charge in [-0.1, -0.05) is 48.5 Å². The fourth-order valence-electron chi connectivity index (χ4n) is 3.70.